The standard InChI is InChI=1S/C53H42F8N2O10/c54-48(55)52(58,59)72-43-24-20-41(21-25-43)70-46(66)36-11-1-32(2-12-36)9-19-40(64)31-50(29-34-5-15-38(62)16-6-34,30-35-7-17-39(63)18-8-35)51(68,69)45(65)28-10-33-3-13-37(14-4-33)47(67)71-42-22-26-44(27-23-42)73-53(60,61)49(56)57/h1-28,48-49,68-69H,29-31,62-63H2. The molecule has 0 aliphatic carbocycles. The van der Waals surface area contributed by atoms with E-state index in [1.807, 2.05) is 0 Å². The van der Waals surface area contributed by atoms with Gasteiger partial charge in [0.1, 0.15) is 23.0 Å². The van der Waals surface area contributed by atoms with Crippen LogP contribution < -0.4 is 30.4 Å². The van der Waals surface area contributed by atoms with Gasteiger partial charge in [-0.1, -0.05) is 60.7 Å². The molecule has 0 fully saturated rings. The number of benzene rings is 6. The molecule has 6 aromatic rings. The fourth-order valence-corrected chi connectivity index (χ4v) is 7.09. The van der Waals surface area contributed by atoms with Crippen molar-refractivity contribution >= 4 is 47.0 Å². The number of carbonyl (C=O) groups excluding carboxylic acids is 4. The molecule has 0 aliphatic heterocycles. The molecule has 380 valence electrons. The molecule has 6 aromatic carbocycles. The van der Waals surface area contributed by atoms with Gasteiger partial charge in [-0.25, -0.2) is 9.59 Å². The van der Waals surface area contributed by atoms with Crippen LogP contribution in [0.3, 0.4) is 0 Å². The summed E-state index contributed by atoms with van der Waals surface area (Å²) in [6.45, 7) is 0. The molecule has 0 unspecified atom stereocenters. The zero-order chi connectivity index (χ0) is 53.1. The predicted octanol–water partition coefficient (Wildman–Crippen LogP) is 10.2. The topological polar surface area (TPSA) is 198 Å². The van der Waals surface area contributed by atoms with E-state index in [4.69, 9.17) is 20.9 Å². The van der Waals surface area contributed by atoms with Crippen LogP contribution in [-0.2, 0) is 22.4 Å². The van der Waals surface area contributed by atoms with E-state index in [0.717, 1.165) is 60.7 Å². The van der Waals surface area contributed by atoms with E-state index < -0.39 is 77.7 Å². The lowest BCUT2D eigenvalue weighted by molar-refractivity contribution is -0.253. The summed E-state index contributed by atoms with van der Waals surface area (Å²) in [4.78, 5) is 53.8. The number of nitrogen functional groups attached to an aromatic ring is 2. The maximum atomic E-state index is 14.1. The smallest absolute Gasteiger partial charge is 0.428 e. The van der Waals surface area contributed by atoms with E-state index in [-0.39, 0.29) is 35.5 Å². The second-order valence-electron chi connectivity index (χ2n) is 16.4. The van der Waals surface area contributed by atoms with Crippen LogP contribution >= 0.6 is 0 Å². The monoisotopic (exact) mass is 1020 g/mol. The molecule has 12 nitrogen and oxygen atoms in total. The van der Waals surface area contributed by atoms with Crippen molar-refractivity contribution in [3.8, 4) is 23.0 Å². The van der Waals surface area contributed by atoms with Crippen LogP contribution in [0.2, 0.25) is 0 Å². The van der Waals surface area contributed by atoms with E-state index in [1.165, 1.54) is 60.7 Å². The molecule has 0 heterocycles. The molecule has 0 radical (unpaired) electrons. The van der Waals surface area contributed by atoms with E-state index in [9.17, 15) is 64.5 Å². The van der Waals surface area contributed by atoms with Gasteiger partial charge < -0.3 is 40.6 Å². The molecule has 6 N–H and O–H groups in total. The van der Waals surface area contributed by atoms with E-state index in [0.29, 0.717) is 33.6 Å². The van der Waals surface area contributed by atoms with Crippen LogP contribution in [-0.4, -0.2) is 64.6 Å². The molecule has 0 saturated carbocycles. The van der Waals surface area contributed by atoms with Crippen molar-refractivity contribution in [2.75, 3.05) is 11.5 Å². The van der Waals surface area contributed by atoms with Crippen LogP contribution in [0.1, 0.15) is 49.4 Å². The number of ether oxygens (including phenoxy) is 4. The average molecular weight is 1020 g/mol. The van der Waals surface area contributed by atoms with Crippen molar-refractivity contribution in [1.29, 1.82) is 0 Å². The van der Waals surface area contributed by atoms with Gasteiger partial charge in [0.25, 0.3) is 0 Å². The summed E-state index contributed by atoms with van der Waals surface area (Å²) in [5, 5.41) is 24.3. The zero-order valence-corrected chi connectivity index (χ0v) is 37.8. The van der Waals surface area contributed by atoms with Gasteiger partial charge in [-0.15, -0.1) is 0 Å². The third kappa shape index (κ3) is 14.4. The number of esters is 2. The first-order valence-corrected chi connectivity index (χ1v) is 21.6. The summed E-state index contributed by atoms with van der Waals surface area (Å²) >= 11 is 0. The molecule has 0 saturated heterocycles. The van der Waals surface area contributed by atoms with Crippen LogP contribution in [0.25, 0.3) is 12.2 Å². The van der Waals surface area contributed by atoms with Gasteiger partial charge in [-0.3, -0.25) is 9.59 Å². The molecule has 0 amide bonds. The Morgan fingerprint density at radius 2 is 0.836 bits per heavy atom. The second-order valence-corrected chi connectivity index (χ2v) is 16.4. The lowest BCUT2D eigenvalue weighted by Crippen LogP contribution is -2.57. The molecule has 20 heteroatoms. The Morgan fingerprint density at radius 3 is 1.19 bits per heavy atom. The number of aliphatic hydroxyl groups is 2. The van der Waals surface area contributed by atoms with Crippen molar-refractivity contribution < 1.29 is 83.5 Å². The Bertz CT molecular complexity index is 2880. The molecule has 0 spiro atoms. The number of rotatable bonds is 22. The van der Waals surface area contributed by atoms with Gasteiger partial charge in [0.15, 0.2) is 5.78 Å². The Balaban J connectivity index is 1.19. The van der Waals surface area contributed by atoms with Crippen LogP contribution in [0.4, 0.5) is 46.5 Å². The Morgan fingerprint density at radius 1 is 0.493 bits per heavy atom. The summed E-state index contributed by atoms with van der Waals surface area (Å²) in [5.74, 6) is -8.37. The normalized spacial score (nSPS) is 12.3. The number of nitrogens with two attached hydrogens (primary N) is 2. The SMILES string of the molecule is Nc1ccc(CC(CC(=O)C=Cc2ccc(C(=O)Oc3ccc(OC(F)(F)C(F)F)cc3)cc2)(Cc2ccc(N)cc2)C(O)(O)C(=O)C=Cc2ccc(C(=O)Oc3ccc(OC(F)(F)C(F)F)cc3)cc2)cc1. The summed E-state index contributed by atoms with van der Waals surface area (Å²) in [5.41, 5.74) is 12.3. The molecular formula is C53H42F8N2O10. The second kappa shape index (κ2) is 22.8. The summed E-state index contributed by atoms with van der Waals surface area (Å²) in [6, 6.07) is 31.5. The lowest BCUT2D eigenvalue weighted by atomic mass is 9.65. The predicted molar refractivity (Wildman–Crippen MR) is 250 cm³/mol. The van der Waals surface area contributed by atoms with Crippen molar-refractivity contribution in [1.82, 2.24) is 0 Å². The van der Waals surface area contributed by atoms with Crippen LogP contribution in [0.5, 0.6) is 23.0 Å². The van der Waals surface area contributed by atoms with Crippen LogP contribution in [0.15, 0.2) is 158 Å². The average Bonchev–Trinajstić information content (AvgIpc) is 3.35. The minimum absolute atomic E-state index is 0.00900. The number of hydrogen-bond acceptors (Lipinski definition) is 12. The molecule has 0 bridgehead atoms. The largest absolute Gasteiger partial charge is 0.461 e. The Hall–Kier alpha value is -8.36. The van der Waals surface area contributed by atoms with Crippen molar-refractivity contribution in [2.24, 2.45) is 5.41 Å². The molecule has 6 rings (SSSR count). The lowest BCUT2D eigenvalue weighted by Gasteiger charge is -2.42. The minimum atomic E-state index is -4.74. The highest BCUT2D eigenvalue weighted by atomic mass is 19.3. The third-order valence-corrected chi connectivity index (χ3v) is 10.9. The fourth-order valence-electron chi connectivity index (χ4n) is 7.09. The van der Waals surface area contributed by atoms with Gasteiger partial charge in [-0.2, -0.15) is 35.1 Å². The quantitative estimate of drug-likeness (QED) is 0.0126. The van der Waals surface area contributed by atoms with Crippen molar-refractivity contribution in [3.05, 3.63) is 191 Å². The zero-order valence-electron chi connectivity index (χ0n) is 37.8. The van der Waals surface area contributed by atoms with E-state index >= 15 is 0 Å². The molecule has 0 aliphatic rings. The van der Waals surface area contributed by atoms with Gasteiger partial charge in [0.05, 0.1) is 11.1 Å². The third-order valence-electron chi connectivity index (χ3n) is 10.9. The number of alkyl halides is 8. The number of carbonyl (C=O) groups is 4. The minimum Gasteiger partial charge on any atom is -0.428 e. The van der Waals surface area contributed by atoms with Crippen LogP contribution in [0, 0.1) is 5.41 Å². The molecule has 73 heavy (non-hydrogen) atoms. The highest BCUT2D eigenvalue weighted by Gasteiger charge is 2.54. The first-order valence-electron chi connectivity index (χ1n) is 21.6. The van der Waals surface area contributed by atoms with Gasteiger partial charge in [-0.05, 0) is 144 Å². The summed E-state index contributed by atoms with van der Waals surface area (Å²) in [6.07, 6.45) is -14.1. The number of allylic oxidation sites excluding steroid dienone is 1. The first-order chi connectivity index (χ1) is 34.4. The fraction of sp³-hybridized carbons (Fsp3) is 0.170. The highest BCUT2D eigenvalue weighted by Crippen LogP contribution is 2.43. The van der Waals surface area contributed by atoms with Gasteiger partial charge >= 0.3 is 37.0 Å². The Labute approximate surface area is 410 Å². The maximum Gasteiger partial charge on any atom is 0.461 e. The van der Waals surface area contributed by atoms with Crippen molar-refractivity contribution in [3.63, 3.8) is 0 Å². The Kier molecular flexibility index (Phi) is 16.9. The number of anilines is 2. The molecule has 0 atom stereocenters. The van der Waals surface area contributed by atoms with E-state index in [1.54, 1.807) is 48.5 Å². The van der Waals surface area contributed by atoms with E-state index in [2.05, 4.69) is 9.47 Å². The van der Waals surface area contributed by atoms with Gasteiger partial charge in [0.2, 0.25) is 11.6 Å². The summed E-state index contributed by atoms with van der Waals surface area (Å²) < 4.78 is 121. The number of halogens is 8. The number of ketones is 2. The van der Waals surface area contributed by atoms with Gasteiger partial charge in [0, 0.05) is 23.2 Å². The summed E-state index contributed by atoms with van der Waals surface area (Å²) in [7, 11) is 0. The molecular weight excluding hydrogens is 977 g/mol. The molecule has 0 aromatic heterocycles. The maximum absolute atomic E-state index is 14.1. The van der Waals surface area contributed by atoms with Crippen molar-refractivity contribution in [2.45, 2.75) is 50.1 Å². The first kappa shape index (κ1) is 54.0. The number of hydrogen-bond donors (Lipinski definition) is 4. The highest BCUT2D eigenvalue weighted by molar-refractivity contribution is 6.01.